The topological polar surface area (TPSA) is 40.5 Å². The first-order valence-corrected chi connectivity index (χ1v) is 7.81. The number of piperidine rings is 1. The number of benzene rings is 1. The molecule has 0 aliphatic carbocycles. The summed E-state index contributed by atoms with van der Waals surface area (Å²) in [7, 11) is 0. The molecule has 3 nitrogen and oxygen atoms in total. The third kappa shape index (κ3) is 2.49. The molecule has 2 heterocycles. The monoisotopic (exact) mass is 335 g/mol. The highest BCUT2D eigenvalue weighted by molar-refractivity contribution is 9.10. The normalized spacial score (nSPS) is 24.9. The van der Waals surface area contributed by atoms with Crippen molar-refractivity contribution in [2.75, 3.05) is 4.90 Å². The van der Waals surface area contributed by atoms with E-state index in [9.17, 15) is 4.79 Å². The summed E-state index contributed by atoms with van der Waals surface area (Å²) < 4.78 is 1.14. The minimum atomic E-state index is -0.813. The van der Waals surface area contributed by atoms with E-state index in [0.717, 1.165) is 35.7 Å². The number of aryl methyl sites for hydroxylation is 1. The SMILES string of the molecule is Cc1cc(N2C3CCC2CC(=CC(=O)O)C3)ccc1Br. The van der Waals surface area contributed by atoms with Crippen LogP contribution < -0.4 is 4.90 Å². The van der Waals surface area contributed by atoms with Crippen molar-refractivity contribution in [3.63, 3.8) is 0 Å². The van der Waals surface area contributed by atoms with Crippen LogP contribution in [0.1, 0.15) is 31.2 Å². The van der Waals surface area contributed by atoms with E-state index in [1.165, 1.54) is 17.3 Å². The summed E-state index contributed by atoms with van der Waals surface area (Å²) in [5.74, 6) is -0.813. The van der Waals surface area contributed by atoms with E-state index in [2.05, 4.69) is 46.0 Å². The lowest BCUT2D eigenvalue weighted by Crippen LogP contribution is -2.40. The quantitative estimate of drug-likeness (QED) is 0.833. The Kier molecular flexibility index (Phi) is 3.59. The zero-order valence-corrected chi connectivity index (χ0v) is 13.1. The highest BCUT2D eigenvalue weighted by Crippen LogP contribution is 2.42. The molecular weight excluding hydrogens is 318 g/mol. The van der Waals surface area contributed by atoms with Gasteiger partial charge in [-0.15, -0.1) is 0 Å². The van der Waals surface area contributed by atoms with E-state index < -0.39 is 5.97 Å². The molecule has 2 saturated heterocycles. The van der Waals surface area contributed by atoms with E-state index >= 15 is 0 Å². The molecule has 0 aromatic heterocycles. The van der Waals surface area contributed by atoms with Gasteiger partial charge in [0.2, 0.25) is 0 Å². The van der Waals surface area contributed by atoms with Gasteiger partial charge < -0.3 is 10.0 Å². The van der Waals surface area contributed by atoms with Crippen LogP contribution in [-0.2, 0) is 4.79 Å². The Balaban J connectivity index is 1.87. The summed E-state index contributed by atoms with van der Waals surface area (Å²) in [6, 6.07) is 7.40. The molecule has 0 radical (unpaired) electrons. The van der Waals surface area contributed by atoms with Gasteiger partial charge >= 0.3 is 5.97 Å². The van der Waals surface area contributed by atoms with Gasteiger partial charge in [-0.1, -0.05) is 21.5 Å². The summed E-state index contributed by atoms with van der Waals surface area (Å²) in [6.45, 7) is 2.11. The van der Waals surface area contributed by atoms with E-state index in [-0.39, 0.29) is 0 Å². The highest BCUT2D eigenvalue weighted by Gasteiger charge is 2.38. The molecule has 2 aliphatic heterocycles. The first-order valence-electron chi connectivity index (χ1n) is 7.01. The zero-order chi connectivity index (χ0) is 14.3. The molecule has 1 aromatic rings. The molecule has 1 N–H and O–H groups in total. The largest absolute Gasteiger partial charge is 0.478 e. The number of anilines is 1. The number of carbonyl (C=O) groups is 1. The van der Waals surface area contributed by atoms with Crippen molar-refractivity contribution >= 4 is 27.6 Å². The van der Waals surface area contributed by atoms with Gasteiger partial charge in [0.1, 0.15) is 0 Å². The van der Waals surface area contributed by atoms with Crippen LogP contribution in [0.15, 0.2) is 34.3 Å². The minimum Gasteiger partial charge on any atom is -0.478 e. The summed E-state index contributed by atoms with van der Waals surface area (Å²) in [4.78, 5) is 13.3. The van der Waals surface area contributed by atoms with Crippen molar-refractivity contribution < 1.29 is 9.90 Å². The number of carboxylic acids is 1. The summed E-state index contributed by atoms with van der Waals surface area (Å²) in [6.07, 6.45) is 5.51. The van der Waals surface area contributed by atoms with E-state index in [0.29, 0.717) is 12.1 Å². The molecule has 0 spiro atoms. The first kappa shape index (κ1) is 13.7. The van der Waals surface area contributed by atoms with Crippen LogP contribution >= 0.6 is 15.9 Å². The fraction of sp³-hybridized carbons (Fsp3) is 0.438. The van der Waals surface area contributed by atoms with Gasteiger partial charge in [-0.2, -0.15) is 0 Å². The van der Waals surface area contributed by atoms with Crippen LogP contribution in [0.3, 0.4) is 0 Å². The minimum absolute atomic E-state index is 0.458. The smallest absolute Gasteiger partial charge is 0.328 e. The van der Waals surface area contributed by atoms with Gasteiger partial charge in [-0.3, -0.25) is 0 Å². The third-order valence-electron chi connectivity index (χ3n) is 4.38. The van der Waals surface area contributed by atoms with Gasteiger partial charge in [0.05, 0.1) is 0 Å². The highest BCUT2D eigenvalue weighted by atomic mass is 79.9. The fourth-order valence-corrected chi connectivity index (χ4v) is 3.80. The molecule has 0 saturated carbocycles. The molecular formula is C16H18BrNO2. The Bertz CT molecular complexity index is 566. The molecule has 2 unspecified atom stereocenters. The number of halogens is 1. The summed E-state index contributed by atoms with van der Waals surface area (Å²) in [5.41, 5.74) is 3.61. The lowest BCUT2D eigenvalue weighted by atomic mass is 9.95. The fourth-order valence-electron chi connectivity index (χ4n) is 3.55. The van der Waals surface area contributed by atoms with Crippen molar-refractivity contribution in [1.82, 2.24) is 0 Å². The van der Waals surface area contributed by atoms with Crippen LogP contribution in [-0.4, -0.2) is 23.2 Å². The summed E-state index contributed by atoms with van der Waals surface area (Å²) in [5, 5.41) is 8.91. The molecule has 2 atom stereocenters. The second-order valence-electron chi connectivity index (χ2n) is 5.77. The van der Waals surface area contributed by atoms with Crippen molar-refractivity contribution in [3.05, 3.63) is 39.9 Å². The number of hydrogen-bond acceptors (Lipinski definition) is 2. The van der Waals surface area contributed by atoms with Crippen LogP contribution in [0.2, 0.25) is 0 Å². The summed E-state index contributed by atoms with van der Waals surface area (Å²) >= 11 is 3.54. The van der Waals surface area contributed by atoms with Gasteiger partial charge in [0, 0.05) is 28.3 Å². The molecule has 0 amide bonds. The molecule has 4 heteroatoms. The van der Waals surface area contributed by atoms with Crippen molar-refractivity contribution in [2.24, 2.45) is 0 Å². The Morgan fingerprint density at radius 1 is 1.35 bits per heavy atom. The first-order chi connectivity index (χ1) is 9.54. The maximum Gasteiger partial charge on any atom is 0.328 e. The molecule has 2 aliphatic rings. The average Bonchev–Trinajstić information content (AvgIpc) is 2.64. The van der Waals surface area contributed by atoms with Gasteiger partial charge in [0.25, 0.3) is 0 Å². The molecule has 20 heavy (non-hydrogen) atoms. The van der Waals surface area contributed by atoms with Crippen molar-refractivity contribution in [3.8, 4) is 0 Å². The average molecular weight is 336 g/mol. The number of hydrogen-bond donors (Lipinski definition) is 1. The molecule has 2 bridgehead atoms. The standard InChI is InChI=1S/C16H18BrNO2/c1-10-6-12(4-5-15(10)17)18-13-2-3-14(18)8-11(7-13)9-16(19)20/h4-6,9,13-14H,2-3,7-8H2,1H3,(H,19,20). The molecule has 2 fully saturated rings. The second-order valence-corrected chi connectivity index (χ2v) is 6.63. The van der Waals surface area contributed by atoms with E-state index in [4.69, 9.17) is 5.11 Å². The van der Waals surface area contributed by atoms with Crippen molar-refractivity contribution in [1.29, 1.82) is 0 Å². The molecule has 106 valence electrons. The molecule has 1 aromatic carbocycles. The van der Waals surface area contributed by atoms with Gasteiger partial charge in [-0.25, -0.2) is 4.79 Å². The van der Waals surface area contributed by atoms with Gasteiger partial charge in [0.15, 0.2) is 0 Å². The van der Waals surface area contributed by atoms with Gasteiger partial charge in [-0.05, 0) is 56.4 Å². The lowest BCUT2D eigenvalue weighted by molar-refractivity contribution is -0.131. The Hall–Kier alpha value is -1.29. The van der Waals surface area contributed by atoms with Crippen LogP contribution in [0.25, 0.3) is 0 Å². The van der Waals surface area contributed by atoms with Crippen molar-refractivity contribution in [2.45, 2.75) is 44.7 Å². The molecule has 3 rings (SSSR count). The van der Waals surface area contributed by atoms with Crippen LogP contribution in [0, 0.1) is 6.92 Å². The second kappa shape index (κ2) is 5.24. The van der Waals surface area contributed by atoms with E-state index in [1.807, 2.05) is 0 Å². The number of carboxylic acid groups (broad SMARTS) is 1. The van der Waals surface area contributed by atoms with Crippen LogP contribution in [0.5, 0.6) is 0 Å². The maximum absolute atomic E-state index is 10.8. The number of nitrogens with zero attached hydrogens (tertiary/aromatic N) is 1. The number of aliphatic carboxylic acids is 1. The third-order valence-corrected chi connectivity index (χ3v) is 5.27. The zero-order valence-electron chi connectivity index (χ0n) is 11.5. The van der Waals surface area contributed by atoms with E-state index in [1.54, 1.807) is 0 Å². The number of fused-ring (bicyclic) bond motifs is 2. The Morgan fingerprint density at radius 2 is 2.00 bits per heavy atom. The Labute approximate surface area is 127 Å². The predicted octanol–water partition coefficient (Wildman–Crippen LogP) is 3.90. The lowest BCUT2D eigenvalue weighted by Gasteiger charge is -2.38. The maximum atomic E-state index is 10.8. The Morgan fingerprint density at radius 3 is 2.55 bits per heavy atom. The predicted molar refractivity (Wildman–Crippen MR) is 83.1 cm³/mol. The van der Waals surface area contributed by atoms with Crippen LogP contribution in [0.4, 0.5) is 5.69 Å². The number of rotatable bonds is 2.